The molecule has 0 spiro atoms. The molecule has 3 aliphatic heterocycles. The van der Waals surface area contributed by atoms with Crippen molar-refractivity contribution in [3.8, 4) is 11.5 Å². The van der Waals surface area contributed by atoms with Crippen molar-refractivity contribution in [1.82, 2.24) is 0 Å². The van der Waals surface area contributed by atoms with E-state index in [0.29, 0.717) is 23.0 Å². The summed E-state index contributed by atoms with van der Waals surface area (Å²) in [5.74, 6) is 0.922. The molecule has 3 aromatic rings. The van der Waals surface area contributed by atoms with Crippen LogP contribution in [0.5, 0.6) is 11.5 Å². The van der Waals surface area contributed by atoms with Crippen molar-refractivity contribution in [1.29, 1.82) is 0 Å². The third-order valence-electron chi connectivity index (χ3n) is 8.78. The Morgan fingerprint density at radius 2 is 1.49 bits per heavy atom. The third kappa shape index (κ3) is 5.88. The van der Waals surface area contributed by atoms with E-state index in [4.69, 9.17) is 14.2 Å². The molecule has 3 aromatic carbocycles. The van der Waals surface area contributed by atoms with E-state index in [1.807, 2.05) is 18.2 Å². The maximum Gasteiger partial charge on any atom is 0.338 e. The lowest BCUT2D eigenvalue weighted by molar-refractivity contribution is -0.568. The van der Waals surface area contributed by atoms with Crippen molar-refractivity contribution in [2.75, 3.05) is 18.5 Å². The number of nitrogens with one attached hydrogen (secondary N) is 2. The monoisotopic (exact) mass is 626 g/mol. The zero-order chi connectivity index (χ0) is 33.1. The minimum absolute atomic E-state index is 0.0454. The van der Waals surface area contributed by atoms with Crippen molar-refractivity contribution in [3.63, 3.8) is 0 Å². The number of hydrogen-bond donors (Lipinski definition) is 2. The largest absolute Gasteiger partial charge is 0.462 e. The van der Waals surface area contributed by atoms with Crippen LogP contribution in [0.2, 0.25) is 0 Å². The number of anilines is 1. The lowest BCUT2D eigenvalue weighted by Crippen LogP contribution is -2.89. The second-order valence-corrected chi connectivity index (χ2v) is 13.6. The summed E-state index contributed by atoms with van der Waals surface area (Å²) in [6.45, 7) is 12.7. The maximum atomic E-state index is 13.7. The van der Waals surface area contributed by atoms with Crippen molar-refractivity contribution < 1.29 is 28.8 Å². The lowest BCUT2D eigenvalue weighted by atomic mass is 9.84. The summed E-state index contributed by atoms with van der Waals surface area (Å²) in [7, 11) is 0. The van der Waals surface area contributed by atoms with E-state index < -0.39 is 11.9 Å². The van der Waals surface area contributed by atoms with Crippen LogP contribution in [0.15, 0.2) is 60.7 Å². The number of allylic oxidation sites excluding steroid dienone is 2. The van der Waals surface area contributed by atoms with Gasteiger partial charge >= 0.3 is 11.9 Å². The van der Waals surface area contributed by atoms with Crippen LogP contribution in [-0.2, 0) is 14.3 Å². The first-order valence-corrected chi connectivity index (χ1v) is 15.9. The summed E-state index contributed by atoms with van der Waals surface area (Å²) in [6, 6.07) is 15.9. The minimum Gasteiger partial charge on any atom is -0.462 e. The van der Waals surface area contributed by atoms with Gasteiger partial charge in [-0.3, -0.25) is 4.79 Å². The molecule has 7 nitrogen and oxygen atoms in total. The predicted octanol–water partition coefficient (Wildman–Crippen LogP) is 4.65. The zero-order valence-electron chi connectivity index (χ0n) is 27.5. The van der Waals surface area contributed by atoms with Crippen LogP contribution >= 0.6 is 0 Å². The number of esters is 2. The SMILES string of the molecule is CC1=CC(C)(C)Nc2cc3c(cc21)C(c1ccccc1C(=O)OCCOC(=O)[C]1[CH][CH][CH][CH]1)=c1cc2c(cc1O3)=[NH+]C(C)(C)C=C2C. The fourth-order valence-corrected chi connectivity index (χ4v) is 6.96. The van der Waals surface area contributed by atoms with Gasteiger partial charge in [0.05, 0.1) is 23.1 Å². The molecule has 0 aromatic heterocycles. The molecule has 0 amide bonds. The number of fused-ring (bicyclic) bond motifs is 4. The van der Waals surface area contributed by atoms with Gasteiger partial charge in [-0.05, 0) is 94.4 Å². The van der Waals surface area contributed by atoms with Gasteiger partial charge in [0.15, 0.2) is 5.54 Å². The van der Waals surface area contributed by atoms with Crippen molar-refractivity contribution >= 4 is 34.3 Å². The van der Waals surface area contributed by atoms with E-state index in [2.05, 4.69) is 88.3 Å². The molecule has 7 heteroatoms. The molecule has 2 N–H and O–H groups in total. The van der Waals surface area contributed by atoms with Gasteiger partial charge in [0, 0.05) is 53.1 Å². The van der Waals surface area contributed by atoms with Crippen molar-refractivity contribution in [2.24, 2.45) is 0 Å². The van der Waals surface area contributed by atoms with E-state index in [0.717, 1.165) is 55.2 Å². The average Bonchev–Trinajstić information content (AvgIpc) is 3.55. The highest BCUT2D eigenvalue weighted by Gasteiger charge is 2.32. The van der Waals surface area contributed by atoms with Gasteiger partial charge in [0.25, 0.3) is 0 Å². The summed E-state index contributed by atoms with van der Waals surface area (Å²) in [6.07, 6.45) is 11.4. The molecule has 1 saturated carbocycles. The van der Waals surface area contributed by atoms with Crippen LogP contribution in [0.4, 0.5) is 5.69 Å². The smallest absolute Gasteiger partial charge is 0.338 e. The summed E-state index contributed by atoms with van der Waals surface area (Å²) >= 11 is 0. The Balaban J connectivity index is 1.34. The Kier molecular flexibility index (Phi) is 7.61. The Morgan fingerprint density at radius 3 is 2.26 bits per heavy atom. The normalized spacial score (nSPS) is 18.6. The third-order valence-corrected chi connectivity index (χ3v) is 8.78. The highest BCUT2D eigenvalue weighted by molar-refractivity contribution is 6.00. The van der Waals surface area contributed by atoms with Crippen molar-refractivity contribution in [3.05, 3.63) is 131 Å². The van der Waals surface area contributed by atoms with E-state index in [1.54, 1.807) is 31.7 Å². The predicted molar refractivity (Wildman–Crippen MR) is 181 cm³/mol. The maximum absolute atomic E-state index is 13.7. The topological polar surface area (TPSA) is 87.8 Å². The standard InChI is InChI=1S/C40H37N2O5/c1-23-21-39(3,4)41-32-19-34-30(17-28(23)32)36(31-18-29-24(2)22-40(5,6)42-33(29)20-35(31)47-34)26-13-9-10-14-27(26)38(44)46-16-15-45-37(43)25-11-7-8-12-25/h7-14,17-22,41H,15-16H2,1-6H3/p+1. The van der Waals surface area contributed by atoms with E-state index in [-0.39, 0.29) is 24.3 Å². The second kappa shape index (κ2) is 11.5. The van der Waals surface area contributed by atoms with Gasteiger partial charge in [-0.15, -0.1) is 0 Å². The van der Waals surface area contributed by atoms with Gasteiger partial charge in [0.2, 0.25) is 5.36 Å². The van der Waals surface area contributed by atoms with Crippen LogP contribution in [0.3, 0.4) is 0 Å². The van der Waals surface area contributed by atoms with E-state index >= 15 is 0 Å². The number of hydrogen-bond acceptors (Lipinski definition) is 6. The zero-order valence-corrected chi connectivity index (χ0v) is 27.5. The summed E-state index contributed by atoms with van der Waals surface area (Å²) < 4.78 is 17.7. The molecule has 7 rings (SSSR count). The average molecular weight is 627 g/mol. The van der Waals surface area contributed by atoms with Crippen LogP contribution in [-0.4, -0.2) is 36.2 Å². The second-order valence-electron chi connectivity index (χ2n) is 13.6. The summed E-state index contributed by atoms with van der Waals surface area (Å²) in [5, 5.41) is 5.53. The summed E-state index contributed by atoms with van der Waals surface area (Å²) in [5.41, 5.74) is 7.98. The molecule has 4 aliphatic rings. The molecule has 0 unspecified atom stereocenters. The first-order valence-electron chi connectivity index (χ1n) is 15.9. The molecule has 1 aliphatic carbocycles. The van der Waals surface area contributed by atoms with Gasteiger partial charge in [0.1, 0.15) is 24.7 Å². The highest BCUT2D eigenvalue weighted by atomic mass is 16.6. The van der Waals surface area contributed by atoms with Gasteiger partial charge in [-0.1, -0.05) is 24.3 Å². The molecule has 5 radical (unpaired) electrons. The van der Waals surface area contributed by atoms with E-state index in [1.165, 1.54) is 0 Å². The molecule has 47 heavy (non-hydrogen) atoms. The molecule has 0 bridgehead atoms. The Hall–Kier alpha value is -4.65. The van der Waals surface area contributed by atoms with E-state index in [9.17, 15) is 9.59 Å². The lowest BCUT2D eigenvalue weighted by Gasteiger charge is -2.33. The summed E-state index contributed by atoms with van der Waals surface area (Å²) in [4.78, 5) is 29.6. The number of carbonyl (C=O) groups excluding carboxylic acids is 2. The molecule has 3 heterocycles. The Morgan fingerprint density at radius 1 is 0.787 bits per heavy atom. The first-order chi connectivity index (χ1) is 22.4. The molecule has 237 valence electrons. The van der Waals surface area contributed by atoms with Crippen molar-refractivity contribution in [2.45, 2.75) is 52.6 Å². The fourth-order valence-electron chi connectivity index (χ4n) is 6.96. The van der Waals surface area contributed by atoms with Crippen LogP contribution in [0, 0.1) is 31.6 Å². The Labute approximate surface area is 276 Å². The van der Waals surface area contributed by atoms with Crippen LogP contribution in [0.1, 0.15) is 74.2 Å². The van der Waals surface area contributed by atoms with Gasteiger partial charge < -0.3 is 19.5 Å². The quantitative estimate of drug-likeness (QED) is 0.240. The molecular weight excluding hydrogens is 588 g/mol. The molecular formula is C40H38N2O5+. The van der Waals surface area contributed by atoms with Gasteiger partial charge in [-0.2, -0.15) is 0 Å². The Bertz CT molecular complexity index is 2010. The highest BCUT2D eigenvalue weighted by Crippen LogP contribution is 2.44. The number of benzene rings is 3. The fraction of sp³-hybridized carbons (Fsp3) is 0.250. The number of carbonyl (C=O) groups is 2. The van der Waals surface area contributed by atoms with Crippen LogP contribution < -0.4 is 25.6 Å². The number of ether oxygens (including phenoxy) is 3. The van der Waals surface area contributed by atoms with Crippen LogP contribution in [0.25, 0.3) is 16.7 Å². The number of rotatable bonds is 6. The molecule has 1 fully saturated rings. The molecule has 0 atom stereocenters. The molecule has 0 saturated heterocycles. The minimum atomic E-state index is -0.498. The first kappa shape index (κ1) is 31.0. The van der Waals surface area contributed by atoms with Gasteiger partial charge in [-0.25, -0.2) is 9.79 Å².